The van der Waals surface area contributed by atoms with E-state index in [1.807, 2.05) is 30.3 Å². The van der Waals surface area contributed by atoms with Crippen LogP contribution in [0.4, 0.5) is 5.69 Å². The van der Waals surface area contributed by atoms with Gasteiger partial charge in [-0.25, -0.2) is 8.42 Å². The van der Waals surface area contributed by atoms with Crippen LogP contribution in [0, 0.1) is 11.3 Å². The molecule has 0 radical (unpaired) electrons. The highest BCUT2D eigenvalue weighted by Crippen LogP contribution is 2.36. The van der Waals surface area contributed by atoms with E-state index >= 15 is 0 Å². The van der Waals surface area contributed by atoms with E-state index in [1.165, 1.54) is 40.3 Å². The van der Waals surface area contributed by atoms with Gasteiger partial charge >= 0.3 is 0 Å². The topological polar surface area (TPSA) is 111 Å². The second-order valence-electron chi connectivity index (χ2n) is 7.22. The van der Waals surface area contributed by atoms with Gasteiger partial charge in [0.1, 0.15) is 0 Å². The first kappa shape index (κ1) is 21.4. The number of nitrogens with one attached hydrogen (secondary N) is 1. The average molecular weight is 457 g/mol. The first-order valence-corrected chi connectivity index (χ1v) is 12.0. The highest BCUT2D eigenvalue weighted by Gasteiger charge is 2.33. The molecule has 10 heteroatoms. The molecule has 0 saturated carbocycles. The smallest absolute Gasteiger partial charge is 0.243 e. The molecular formula is C21H20N4O4S2. The number of benzene rings is 2. The third-order valence-electron chi connectivity index (χ3n) is 5.28. The molecule has 2 aliphatic rings. The van der Waals surface area contributed by atoms with Crippen molar-refractivity contribution in [1.82, 2.24) is 9.21 Å². The van der Waals surface area contributed by atoms with Gasteiger partial charge in [-0.1, -0.05) is 12.1 Å². The van der Waals surface area contributed by atoms with Crippen LogP contribution in [0.2, 0.25) is 0 Å². The van der Waals surface area contributed by atoms with Crippen molar-refractivity contribution < 1.29 is 18.0 Å². The van der Waals surface area contributed by atoms with Gasteiger partial charge in [0, 0.05) is 37.5 Å². The Labute approximate surface area is 184 Å². The number of rotatable bonds is 4. The van der Waals surface area contributed by atoms with Crippen molar-refractivity contribution in [2.24, 2.45) is 0 Å². The summed E-state index contributed by atoms with van der Waals surface area (Å²) < 4.78 is 27.0. The molecule has 2 aliphatic heterocycles. The lowest BCUT2D eigenvalue weighted by molar-refractivity contribution is -0.133. The molecule has 1 saturated heterocycles. The van der Waals surface area contributed by atoms with Gasteiger partial charge in [0.15, 0.2) is 0 Å². The Hall–Kier alpha value is -2.87. The van der Waals surface area contributed by atoms with Crippen molar-refractivity contribution in [2.75, 3.05) is 31.5 Å². The maximum Gasteiger partial charge on any atom is 0.243 e. The first-order valence-electron chi connectivity index (χ1n) is 9.73. The number of carbonyl (C=O) groups is 2. The average Bonchev–Trinajstić information content (AvgIpc) is 2.79. The number of fused-ring (bicyclic) bond motifs is 1. The second kappa shape index (κ2) is 8.70. The summed E-state index contributed by atoms with van der Waals surface area (Å²) in [5.74, 6) is -0.360. The van der Waals surface area contributed by atoms with Gasteiger partial charge in [-0.05, 0) is 36.4 Å². The molecule has 8 nitrogen and oxygen atoms in total. The number of hydrogen-bond acceptors (Lipinski definition) is 6. The highest BCUT2D eigenvalue weighted by atomic mass is 32.2. The summed E-state index contributed by atoms with van der Waals surface area (Å²) in [6.07, 6.45) is 0.0627. The molecule has 0 unspecified atom stereocenters. The molecule has 1 N–H and O–H groups in total. The predicted molar refractivity (Wildman–Crippen MR) is 116 cm³/mol. The van der Waals surface area contributed by atoms with Gasteiger partial charge in [-0.15, -0.1) is 11.8 Å². The van der Waals surface area contributed by atoms with Crippen LogP contribution in [0.3, 0.4) is 0 Å². The van der Waals surface area contributed by atoms with Crippen LogP contribution in [0.15, 0.2) is 58.3 Å². The summed E-state index contributed by atoms with van der Waals surface area (Å²) in [6.45, 7) is 0.899. The Morgan fingerprint density at radius 3 is 2.45 bits per heavy atom. The van der Waals surface area contributed by atoms with E-state index in [-0.39, 0.29) is 49.3 Å². The number of anilines is 1. The standard InChI is InChI=1S/C21H20N4O4S2/c22-14-15-5-7-16(8-6-15)31(28,29)25-11-9-24(10-12-25)20(26)13-19-21(27)23-17-3-1-2-4-18(17)30-19/h1-8,19H,9-13H2,(H,23,27)/t19-/m0/s1. The Bertz CT molecular complexity index is 1150. The molecule has 0 aromatic heterocycles. The fourth-order valence-electron chi connectivity index (χ4n) is 3.54. The van der Waals surface area contributed by atoms with Crippen molar-refractivity contribution in [1.29, 1.82) is 5.26 Å². The van der Waals surface area contributed by atoms with E-state index in [9.17, 15) is 18.0 Å². The van der Waals surface area contributed by atoms with E-state index in [1.54, 1.807) is 4.90 Å². The van der Waals surface area contributed by atoms with E-state index < -0.39 is 15.3 Å². The van der Waals surface area contributed by atoms with E-state index in [4.69, 9.17) is 5.26 Å². The van der Waals surface area contributed by atoms with Gasteiger partial charge in [-0.3, -0.25) is 9.59 Å². The molecule has 2 amide bonds. The third-order valence-corrected chi connectivity index (χ3v) is 8.47. The number of hydrogen-bond donors (Lipinski definition) is 1. The van der Waals surface area contributed by atoms with Gasteiger partial charge in [-0.2, -0.15) is 9.57 Å². The van der Waals surface area contributed by atoms with Gasteiger partial charge in [0.25, 0.3) is 0 Å². The molecule has 1 fully saturated rings. The summed E-state index contributed by atoms with van der Waals surface area (Å²) in [7, 11) is -3.69. The molecule has 2 aromatic carbocycles. The maximum atomic E-state index is 12.8. The molecule has 160 valence electrons. The summed E-state index contributed by atoms with van der Waals surface area (Å²) in [5, 5.41) is 11.2. The third kappa shape index (κ3) is 4.44. The molecule has 1 atom stereocenters. The van der Waals surface area contributed by atoms with Crippen LogP contribution in [-0.2, 0) is 19.6 Å². The number of nitrogens with zero attached hydrogens (tertiary/aromatic N) is 3. The largest absolute Gasteiger partial charge is 0.340 e. The van der Waals surface area contributed by atoms with Crippen LogP contribution in [0.25, 0.3) is 0 Å². The van der Waals surface area contributed by atoms with E-state index in [2.05, 4.69) is 5.32 Å². The Morgan fingerprint density at radius 2 is 1.77 bits per heavy atom. The number of para-hydroxylation sites is 1. The van der Waals surface area contributed by atoms with Gasteiger partial charge in [0.05, 0.1) is 27.5 Å². The van der Waals surface area contributed by atoms with Crippen LogP contribution >= 0.6 is 11.8 Å². The van der Waals surface area contributed by atoms with Crippen molar-refractivity contribution in [3.63, 3.8) is 0 Å². The molecule has 31 heavy (non-hydrogen) atoms. The van der Waals surface area contributed by atoms with Crippen molar-refractivity contribution in [3.05, 3.63) is 54.1 Å². The summed E-state index contributed by atoms with van der Waals surface area (Å²) >= 11 is 1.37. The Kier molecular flexibility index (Phi) is 6.00. The molecule has 0 spiro atoms. The fourth-order valence-corrected chi connectivity index (χ4v) is 6.07. The zero-order chi connectivity index (χ0) is 22.0. The van der Waals surface area contributed by atoms with Crippen molar-refractivity contribution in [2.45, 2.75) is 21.5 Å². The maximum absolute atomic E-state index is 12.8. The van der Waals surface area contributed by atoms with Gasteiger partial charge in [0.2, 0.25) is 21.8 Å². The lowest BCUT2D eigenvalue weighted by Gasteiger charge is -2.35. The van der Waals surface area contributed by atoms with E-state index in [0.717, 1.165) is 10.6 Å². The van der Waals surface area contributed by atoms with Crippen molar-refractivity contribution >= 4 is 39.3 Å². The summed E-state index contributed by atoms with van der Waals surface area (Å²) in [5.41, 5.74) is 1.14. The zero-order valence-corrected chi connectivity index (χ0v) is 18.2. The highest BCUT2D eigenvalue weighted by molar-refractivity contribution is 8.01. The molecule has 0 bridgehead atoms. The SMILES string of the molecule is N#Cc1ccc(S(=O)(=O)N2CCN(C(=O)C[C@@H]3Sc4ccccc4NC3=O)CC2)cc1. The van der Waals surface area contributed by atoms with Crippen LogP contribution in [0.1, 0.15) is 12.0 Å². The number of sulfonamides is 1. The Balaban J connectivity index is 1.36. The molecule has 2 aromatic rings. The predicted octanol–water partition coefficient (Wildman–Crippen LogP) is 1.89. The number of thioether (sulfide) groups is 1. The van der Waals surface area contributed by atoms with Crippen molar-refractivity contribution in [3.8, 4) is 6.07 Å². The summed E-state index contributed by atoms with van der Waals surface area (Å²) in [4.78, 5) is 27.8. The molecular weight excluding hydrogens is 436 g/mol. The van der Waals surface area contributed by atoms with Crippen LogP contribution in [-0.4, -0.2) is 60.9 Å². The second-order valence-corrected chi connectivity index (χ2v) is 10.4. The minimum atomic E-state index is -3.69. The fraction of sp³-hybridized carbons (Fsp3) is 0.286. The number of amides is 2. The number of nitriles is 1. The first-order chi connectivity index (χ1) is 14.9. The molecule has 0 aliphatic carbocycles. The van der Waals surface area contributed by atoms with Crippen LogP contribution < -0.4 is 5.32 Å². The quantitative estimate of drug-likeness (QED) is 0.752. The molecule has 4 rings (SSSR count). The van der Waals surface area contributed by atoms with Gasteiger partial charge < -0.3 is 10.2 Å². The minimum Gasteiger partial charge on any atom is -0.340 e. The van der Waals surface area contributed by atoms with Crippen LogP contribution in [0.5, 0.6) is 0 Å². The Morgan fingerprint density at radius 1 is 1.10 bits per heavy atom. The number of carbonyl (C=O) groups excluding carboxylic acids is 2. The minimum absolute atomic E-state index is 0.0627. The lowest BCUT2D eigenvalue weighted by Crippen LogP contribution is -2.51. The normalized spacial score (nSPS) is 19.3. The zero-order valence-electron chi connectivity index (χ0n) is 16.5. The molecule has 2 heterocycles. The number of piperazine rings is 1. The van der Waals surface area contributed by atoms with E-state index in [0.29, 0.717) is 5.56 Å². The summed E-state index contributed by atoms with van der Waals surface area (Å²) in [6, 6.07) is 15.2. The lowest BCUT2D eigenvalue weighted by atomic mass is 10.2. The monoisotopic (exact) mass is 456 g/mol.